The van der Waals surface area contributed by atoms with Crippen LogP contribution in [0.4, 0.5) is 0 Å². The topological polar surface area (TPSA) is 12.0 Å². The highest BCUT2D eigenvalue weighted by Gasteiger charge is 2.38. The number of halogens is 1. The number of rotatable bonds is 0. The molecular formula is C17H24BrN. The summed E-state index contributed by atoms with van der Waals surface area (Å²) in [6.45, 7) is 4.74. The van der Waals surface area contributed by atoms with Crippen LogP contribution in [0.25, 0.3) is 0 Å². The van der Waals surface area contributed by atoms with Crippen LogP contribution in [0.5, 0.6) is 0 Å². The lowest BCUT2D eigenvalue weighted by Gasteiger charge is -2.40. The molecule has 0 radical (unpaired) electrons. The van der Waals surface area contributed by atoms with Crippen molar-refractivity contribution in [2.24, 2.45) is 0 Å². The summed E-state index contributed by atoms with van der Waals surface area (Å²) in [5.41, 5.74) is 3.43. The van der Waals surface area contributed by atoms with Gasteiger partial charge in [-0.3, -0.25) is 0 Å². The lowest BCUT2D eigenvalue weighted by atomic mass is 9.75. The molecule has 1 saturated carbocycles. The minimum absolute atomic E-state index is 0.391. The molecule has 104 valence electrons. The summed E-state index contributed by atoms with van der Waals surface area (Å²) in [5, 5.41) is 3.99. The fourth-order valence-corrected chi connectivity index (χ4v) is 4.62. The Hall–Kier alpha value is -0.340. The third kappa shape index (κ3) is 2.62. The highest BCUT2D eigenvalue weighted by Crippen LogP contribution is 2.43. The molecule has 2 heteroatoms. The summed E-state index contributed by atoms with van der Waals surface area (Å²) in [6.07, 6.45) is 8.23. The van der Waals surface area contributed by atoms with Crippen LogP contribution in [0.15, 0.2) is 22.7 Å². The first kappa shape index (κ1) is 13.6. The molecule has 0 amide bonds. The van der Waals surface area contributed by atoms with Crippen molar-refractivity contribution in [3.8, 4) is 0 Å². The molecule has 0 bridgehead atoms. The van der Waals surface area contributed by atoms with Crippen LogP contribution < -0.4 is 5.32 Å². The molecule has 1 fully saturated rings. The lowest BCUT2D eigenvalue weighted by molar-refractivity contribution is 0.195. The maximum absolute atomic E-state index is 3.99. The molecule has 1 spiro atoms. The number of hydrogen-bond acceptors (Lipinski definition) is 1. The number of nitrogens with one attached hydrogen (secondary N) is 1. The Labute approximate surface area is 125 Å². The fourth-order valence-electron chi connectivity index (χ4n) is 4.24. The van der Waals surface area contributed by atoms with Gasteiger partial charge >= 0.3 is 0 Å². The van der Waals surface area contributed by atoms with Crippen molar-refractivity contribution in [1.82, 2.24) is 5.32 Å². The second-order valence-electron chi connectivity index (χ2n) is 6.59. The molecule has 2 aliphatic rings. The molecule has 1 aromatic carbocycles. The fraction of sp³-hybridized carbons (Fsp3) is 0.647. The van der Waals surface area contributed by atoms with E-state index in [-0.39, 0.29) is 0 Å². The largest absolute Gasteiger partial charge is 0.305 e. The van der Waals surface area contributed by atoms with E-state index in [0.29, 0.717) is 17.5 Å². The molecule has 2 unspecified atom stereocenters. The lowest BCUT2D eigenvalue weighted by Crippen LogP contribution is -2.47. The quantitative estimate of drug-likeness (QED) is 0.682. The minimum atomic E-state index is 0.391. The summed E-state index contributed by atoms with van der Waals surface area (Å²) in [7, 11) is 0. The first-order valence-corrected chi connectivity index (χ1v) is 8.46. The van der Waals surface area contributed by atoms with Crippen molar-refractivity contribution in [1.29, 1.82) is 0 Å². The summed E-state index contributed by atoms with van der Waals surface area (Å²) in [4.78, 5) is 0. The zero-order chi connectivity index (χ0) is 13.5. The van der Waals surface area contributed by atoms with E-state index < -0.39 is 0 Å². The number of fused-ring (bicyclic) bond motifs is 1. The maximum Gasteiger partial charge on any atom is 0.0300 e. The Morgan fingerprint density at radius 3 is 2.58 bits per heavy atom. The van der Waals surface area contributed by atoms with Crippen LogP contribution in [-0.2, 0) is 0 Å². The van der Waals surface area contributed by atoms with E-state index in [1.165, 1.54) is 48.6 Å². The average molecular weight is 322 g/mol. The van der Waals surface area contributed by atoms with E-state index >= 15 is 0 Å². The first-order valence-electron chi connectivity index (χ1n) is 7.67. The van der Waals surface area contributed by atoms with Crippen molar-refractivity contribution in [3.05, 3.63) is 33.8 Å². The van der Waals surface area contributed by atoms with Gasteiger partial charge in [-0.25, -0.2) is 0 Å². The SMILES string of the molecule is CC1CC2(CCCCC2)NC(C)c2cc(Br)ccc21. The molecule has 2 atom stereocenters. The van der Waals surface area contributed by atoms with E-state index in [4.69, 9.17) is 0 Å². The zero-order valence-electron chi connectivity index (χ0n) is 12.0. The van der Waals surface area contributed by atoms with Crippen LogP contribution in [0.3, 0.4) is 0 Å². The van der Waals surface area contributed by atoms with Crippen molar-refractivity contribution in [2.75, 3.05) is 0 Å². The minimum Gasteiger partial charge on any atom is -0.305 e. The molecule has 0 saturated heterocycles. The van der Waals surface area contributed by atoms with E-state index in [9.17, 15) is 0 Å². The summed E-state index contributed by atoms with van der Waals surface area (Å²) < 4.78 is 1.20. The van der Waals surface area contributed by atoms with Crippen molar-refractivity contribution in [3.63, 3.8) is 0 Å². The van der Waals surface area contributed by atoms with Crippen molar-refractivity contribution >= 4 is 15.9 Å². The molecular weight excluding hydrogens is 298 g/mol. The third-order valence-corrected chi connectivity index (χ3v) is 5.57. The van der Waals surface area contributed by atoms with Crippen LogP contribution >= 0.6 is 15.9 Å². The van der Waals surface area contributed by atoms with Crippen LogP contribution in [0.2, 0.25) is 0 Å². The van der Waals surface area contributed by atoms with Gasteiger partial charge in [0.15, 0.2) is 0 Å². The van der Waals surface area contributed by atoms with E-state index in [2.05, 4.69) is 53.3 Å². The maximum atomic E-state index is 3.99. The van der Waals surface area contributed by atoms with Crippen molar-refractivity contribution in [2.45, 2.75) is 69.9 Å². The molecule has 1 nitrogen and oxygen atoms in total. The van der Waals surface area contributed by atoms with Gasteiger partial charge in [0.25, 0.3) is 0 Å². The Morgan fingerprint density at radius 2 is 1.84 bits per heavy atom. The Morgan fingerprint density at radius 1 is 1.11 bits per heavy atom. The Kier molecular flexibility index (Phi) is 3.74. The van der Waals surface area contributed by atoms with E-state index in [1.54, 1.807) is 5.56 Å². The predicted molar refractivity (Wildman–Crippen MR) is 84.5 cm³/mol. The standard InChI is InChI=1S/C17H24BrN/c1-12-11-17(8-4-3-5-9-17)19-13(2)16-10-14(18)6-7-15(12)16/h6-7,10,12-13,19H,3-5,8-9,11H2,1-2H3. The highest BCUT2D eigenvalue weighted by molar-refractivity contribution is 9.10. The molecule has 1 aliphatic heterocycles. The molecule has 19 heavy (non-hydrogen) atoms. The Balaban J connectivity index is 1.97. The molecule has 1 aliphatic carbocycles. The van der Waals surface area contributed by atoms with Gasteiger partial charge in [0, 0.05) is 16.1 Å². The monoisotopic (exact) mass is 321 g/mol. The normalized spacial score (nSPS) is 29.8. The highest BCUT2D eigenvalue weighted by atomic mass is 79.9. The van der Waals surface area contributed by atoms with Crippen LogP contribution in [-0.4, -0.2) is 5.54 Å². The van der Waals surface area contributed by atoms with Crippen molar-refractivity contribution < 1.29 is 0 Å². The summed E-state index contributed by atoms with van der Waals surface area (Å²) in [6, 6.07) is 7.30. The Bertz CT molecular complexity index is 462. The van der Waals surface area contributed by atoms with Gasteiger partial charge in [0.2, 0.25) is 0 Å². The molecule has 1 heterocycles. The third-order valence-electron chi connectivity index (χ3n) is 5.08. The van der Waals surface area contributed by atoms with E-state index in [0.717, 1.165) is 0 Å². The smallest absolute Gasteiger partial charge is 0.0300 e. The number of hydrogen-bond donors (Lipinski definition) is 1. The molecule has 3 rings (SSSR count). The molecule has 1 N–H and O–H groups in total. The van der Waals surface area contributed by atoms with Gasteiger partial charge in [-0.15, -0.1) is 0 Å². The van der Waals surface area contributed by atoms with Gasteiger partial charge < -0.3 is 5.32 Å². The van der Waals surface area contributed by atoms with Gasteiger partial charge in [0.05, 0.1) is 0 Å². The van der Waals surface area contributed by atoms with Crippen LogP contribution in [0.1, 0.15) is 75.5 Å². The van der Waals surface area contributed by atoms with Gasteiger partial charge in [-0.1, -0.05) is 48.2 Å². The van der Waals surface area contributed by atoms with Gasteiger partial charge in [-0.2, -0.15) is 0 Å². The summed E-state index contributed by atoms with van der Waals surface area (Å²) >= 11 is 3.62. The zero-order valence-corrected chi connectivity index (χ0v) is 13.6. The molecule has 0 aromatic heterocycles. The van der Waals surface area contributed by atoms with Gasteiger partial charge in [0.1, 0.15) is 0 Å². The predicted octanol–water partition coefficient (Wildman–Crippen LogP) is 5.31. The number of benzene rings is 1. The van der Waals surface area contributed by atoms with Crippen LogP contribution in [0, 0.1) is 0 Å². The second-order valence-corrected chi connectivity index (χ2v) is 7.50. The average Bonchev–Trinajstić information content (AvgIpc) is 2.47. The van der Waals surface area contributed by atoms with E-state index in [1.807, 2.05) is 0 Å². The first-order chi connectivity index (χ1) is 9.10. The second kappa shape index (κ2) is 5.21. The summed E-state index contributed by atoms with van der Waals surface area (Å²) in [5.74, 6) is 0.665. The van der Waals surface area contributed by atoms with Gasteiger partial charge in [-0.05, 0) is 55.4 Å². The molecule has 1 aromatic rings.